The number of ether oxygens (including phenoxy) is 1. The minimum absolute atomic E-state index is 0.417. The molecule has 1 N–H and O–H groups in total. The molecule has 5 nitrogen and oxygen atoms in total. The maximum absolute atomic E-state index is 6.02. The predicted molar refractivity (Wildman–Crippen MR) is 103 cm³/mol. The number of hydrogen-bond acceptors (Lipinski definition) is 4. The van der Waals surface area contributed by atoms with Crippen molar-refractivity contribution in [2.75, 3.05) is 7.11 Å². The van der Waals surface area contributed by atoms with Gasteiger partial charge in [-0.15, -0.1) is 0 Å². The number of halogens is 2. The number of aromatic amines is 1. The van der Waals surface area contributed by atoms with Crippen molar-refractivity contribution >= 4 is 41.6 Å². The van der Waals surface area contributed by atoms with Gasteiger partial charge in [0.25, 0.3) is 0 Å². The van der Waals surface area contributed by atoms with Crippen LogP contribution in [0.15, 0.2) is 47.6 Å². The van der Waals surface area contributed by atoms with Gasteiger partial charge in [0.05, 0.1) is 23.4 Å². The minimum atomic E-state index is 0.417. The second-order valence-corrected chi connectivity index (χ2v) is 6.40. The standard InChI is InChI=1S/C17H14Cl2N4OS/c1-24-13-5-2-11(3-6-13)9-16-21-22-17(25)23(16)20-10-12-4-7-14(18)15(19)8-12/h2-8,10H,9H2,1H3,(H,22,25)/b20-10-. The van der Waals surface area contributed by atoms with Gasteiger partial charge in [-0.25, -0.2) is 0 Å². The summed E-state index contributed by atoms with van der Waals surface area (Å²) in [5.41, 5.74) is 1.88. The molecule has 0 aliphatic carbocycles. The molecule has 0 saturated carbocycles. The Bertz CT molecular complexity index is 964. The quantitative estimate of drug-likeness (QED) is 0.504. The third kappa shape index (κ3) is 4.28. The van der Waals surface area contributed by atoms with E-state index in [4.69, 9.17) is 40.2 Å². The van der Waals surface area contributed by atoms with Crippen molar-refractivity contribution in [3.05, 3.63) is 74.2 Å². The van der Waals surface area contributed by atoms with Crippen LogP contribution in [-0.2, 0) is 6.42 Å². The fraction of sp³-hybridized carbons (Fsp3) is 0.118. The van der Waals surface area contributed by atoms with Gasteiger partial charge in [-0.05, 0) is 47.6 Å². The number of rotatable bonds is 5. The zero-order valence-corrected chi connectivity index (χ0v) is 15.6. The largest absolute Gasteiger partial charge is 0.497 e. The molecule has 0 bridgehead atoms. The molecule has 0 unspecified atom stereocenters. The highest BCUT2D eigenvalue weighted by Gasteiger charge is 2.07. The smallest absolute Gasteiger partial charge is 0.216 e. The molecule has 0 aliphatic rings. The molecule has 3 aromatic rings. The zero-order valence-electron chi connectivity index (χ0n) is 13.2. The molecular weight excluding hydrogens is 379 g/mol. The summed E-state index contributed by atoms with van der Waals surface area (Å²) in [6.45, 7) is 0. The third-order valence-corrected chi connectivity index (χ3v) is 4.51. The summed E-state index contributed by atoms with van der Waals surface area (Å²) < 4.78 is 7.17. The number of H-pyrrole nitrogens is 1. The van der Waals surface area contributed by atoms with E-state index in [-0.39, 0.29) is 0 Å². The van der Waals surface area contributed by atoms with Crippen molar-refractivity contribution in [3.63, 3.8) is 0 Å². The Labute approximate surface area is 159 Å². The molecule has 0 spiro atoms. The Hall–Kier alpha value is -2.15. The Morgan fingerprint density at radius 3 is 2.64 bits per heavy atom. The van der Waals surface area contributed by atoms with Crippen LogP contribution in [0.5, 0.6) is 5.75 Å². The molecule has 3 rings (SSSR count). The molecule has 0 atom stereocenters. The summed E-state index contributed by atoms with van der Waals surface area (Å²) in [5, 5.41) is 12.4. The first kappa shape index (κ1) is 17.7. The molecule has 25 heavy (non-hydrogen) atoms. The molecule has 0 radical (unpaired) electrons. The van der Waals surface area contributed by atoms with Crippen molar-refractivity contribution in [1.29, 1.82) is 0 Å². The monoisotopic (exact) mass is 392 g/mol. The van der Waals surface area contributed by atoms with Gasteiger partial charge in [0, 0.05) is 6.42 Å². The summed E-state index contributed by atoms with van der Waals surface area (Å²) >= 11 is 17.2. The highest BCUT2D eigenvalue weighted by molar-refractivity contribution is 7.71. The van der Waals surface area contributed by atoms with E-state index in [0.717, 1.165) is 16.9 Å². The van der Waals surface area contributed by atoms with Gasteiger partial charge < -0.3 is 4.74 Å². The molecule has 0 saturated heterocycles. The topological polar surface area (TPSA) is 55.2 Å². The lowest BCUT2D eigenvalue weighted by atomic mass is 10.1. The van der Waals surface area contributed by atoms with E-state index >= 15 is 0 Å². The normalized spacial score (nSPS) is 11.2. The summed E-state index contributed by atoms with van der Waals surface area (Å²) in [4.78, 5) is 0. The lowest BCUT2D eigenvalue weighted by Gasteiger charge is -2.03. The zero-order chi connectivity index (χ0) is 17.8. The van der Waals surface area contributed by atoms with E-state index in [0.29, 0.717) is 27.1 Å². The van der Waals surface area contributed by atoms with Gasteiger partial charge in [0.15, 0.2) is 5.82 Å². The average molecular weight is 393 g/mol. The van der Waals surface area contributed by atoms with Crippen LogP contribution in [0, 0.1) is 4.77 Å². The van der Waals surface area contributed by atoms with Crippen LogP contribution in [0.4, 0.5) is 0 Å². The molecule has 0 fully saturated rings. The molecule has 0 aliphatic heterocycles. The third-order valence-electron chi connectivity index (χ3n) is 3.50. The van der Waals surface area contributed by atoms with Gasteiger partial charge in [-0.1, -0.05) is 41.4 Å². The Morgan fingerprint density at radius 1 is 1.20 bits per heavy atom. The Balaban J connectivity index is 1.84. The van der Waals surface area contributed by atoms with Crippen LogP contribution in [0.25, 0.3) is 0 Å². The molecule has 1 heterocycles. The van der Waals surface area contributed by atoms with E-state index in [9.17, 15) is 0 Å². The Morgan fingerprint density at radius 2 is 1.96 bits per heavy atom. The van der Waals surface area contributed by atoms with E-state index in [1.165, 1.54) is 0 Å². The molecule has 1 aromatic heterocycles. The van der Waals surface area contributed by atoms with Gasteiger partial charge in [0.1, 0.15) is 5.75 Å². The van der Waals surface area contributed by atoms with Crippen molar-refractivity contribution in [3.8, 4) is 5.75 Å². The van der Waals surface area contributed by atoms with Crippen LogP contribution in [-0.4, -0.2) is 28.2 Å². The lowest BCUT2D eigenvalue weighted by Crippen LogP contribution is -2.00. The highest BCUT2D eigenvalue weighted by atomic mass is 35.5. The van der Waals surface area contributed by atoms with Crippen molar-refractivity contribution in [2.45, 2.75) is 6.42 Å². The van der Waals surface area contributed by atoms with Crippen molar-refractivity contribution in [2.24, 2.45) is 5.10 Å². The number of benzene rings is 2. The van der Waals surface area contributed by atoms with E-state index in [1.54, 1.807) is 30.1 Å². The van der Waals surface area contributed by atoms with E-state index in [2.05, 4.69) is 15.3 Å². The lowest BCUT2D eigenvalue weighted by molar-refractivity contribution is 0.414. The van der Waals surface area contributed by atoms with Crippen molar-refractivity contribution < 1.29 is 4.74 Å². The van der Waals surface area contributed by atoms with Gasteiger partial charge in [-0.2, -0.15) is 14.9 Å². The van der Waals surface area contributed by atoms with Crippen molar-refractivity contribution in [1.82, 2.24) is 14.9 Å². The molecule has 2 aromatic carbocycles. The Kier molecular flexibility index (Phi) is 5.53. The summed E-state index contributed by atoms with van der Waals surface area (Å²) in [6, 6.07) is 13.0. The molecule has 128 valence electrons. The van der Waals surface area contributed by atoms with E-state index < -0.39 is 0 Å². The second-order valence-electron chi connectivity index (χ2n) is 5.20. The maximum atomic E-state index is 6.02. The number of nitrogens with zero attached hydrogens (tertiary/aromatic N) is 3. The summed E-state index contributed by atoms with van der Waals surface area (Å²) in [7, 11) is 1.64. The first-order valence-corrected chi connectivity index (χ1v) is 8.52. The van der Waals surface area contributed by atoms with Crippen LogP contribution in [0.3, 0.4) is 0 Å². The fourth-order valence-electron chi connectivity index (χ4n) is 2.20. The first-order chi connectivity index (χ1) is 12.1. The predicted octanol–water partition coefficient (Wildman–Crippen LogP) is 4.73. The summed E-state index contributed by atoms with van der Waals surface area (Å²) in [5.74, 6) is 1.51. The van der Waals surface area contributed by atoms with Crippen LogP contribution >= 0.6 is 35.4 Å². The van der Waals surface area contributed by atoms with Crippen LogP contribution < -0.4 is 4.74 Å². The van der Waals surface area contributed by atoms with E-state index in [1.807, 2.05) is 30.3 Å². The fourth-order valence-corrected chi connectivity index (χ4v) is 2.71. The van der Waals surface area contributed by atoms with Gasteiger partial charge in [0.2, 0.25) is 4.77 Å². The first-order valence-electron chi connectivity index (χ1n) is 7.35. The van der Waals surface area contributed by atoms with Crippen LogP contribution in [0.2, 0.25) is 10.0 Å². The van der Waals surface area contributed by atoms with Gasteiger partial charge >= 0.3 is 0 Å². The molecular formula is C17H14Cl2N4OS. The molecule has 8 heteroatoms. The average Bonchev–Trinajstić information content (AvgIpc) is 2.96. The number of nitrogens with one attached hydrogen (secondary N) is 1. The summed E-state index contributed by atoms with van der Waals surface area (Å²) in [6.07, 6.45) is 2.24. The number of methoxy groups -OCH3 is 1. The minimum Gasteiger partial charge on any atom is -0.497 e. The SMILES string of the molecule is COc1ccc(Cc2n[nH]c(=S)n2/N=C\c2ccc(Cl)c(Cl)c2)cc1. The van der Waals surface area contributed by atoms with Crippen LogP contribution in [0.1, 0.15) is 17.0 Å². The number of hydrogen-bond donors (Lipinski definition) is 1. The van der Waals surface area contributed by atoms with Gasteiger partial charge in [-0.3, -0.25) is 5.10 Å². The second kappa shape index (κ2) is 7.82. The number of aromatic nitrogens is 3. The highest BCUT2D eigenvalue weighted by Crippen LogP contribution is 2.22. The molecule has 0 amide bonds. The maximum Gasteiger partial charge on any atom is 0.216 e.